The zero-order valence-electron chi connectivity index (χ0n) is 8.59. The molecule has 1 aliphatic carbocycles. The second-order valence-electron chi connectivity index (χ2n) is 3.90. The number of carbonyl (C=O) groups excluding carboxylic acids is 1. The lowest BCUT2D eigenvalue weighted by Gasteiger charge is -2.12. The van der Waals surface area contributed by atoms with Crippen molar-refractivity contribution in [2.45, 2.75) is 31.4 Å². The SMILES string of the molecule is O=C1CC[C@@H](c2nc(C(F)(F)F)ncc2Br)C1. The molecule has 1 aliphatic rings. The molecular formula is C10H8BrF3N2O. The van der Waals surface area contributed by atoms with Crippen LogP contribution in [0.4, 0.5) is 13.2 Å². The number of carbonyl (C=O) groups is 1. The minimum Gasteiger partial charge on any atom is -0.300 e. The van der Waals surface area contributed by atoms with Crippen molar-refractivity contribution in [1.29, 1.82) is 0 Å². The first-order valence-corrected chi connectivity index (χ1v) is 5.78. The molecule has 1 saturated carbocycles. The van der Waals surface area contributed by atoms with Gasteiger partial charge < -0.3 is 0 Å². The lowest BCUT2D eigenvalue weighted by Crippen LogP contribution is -2.13. The summed E-state index contributed by atoms with van der Waals surface area (Å²) >= 11 is 3.12. The van der Waals surface area contributed by atoms with Crippen LogP contribution < -0.4 is 0 Å². The molecule has 0 saturated heterocycles. The van der Waals surface area contributed by atoms with Crippen LogP contribution >= 0.6 is 15.9 Å². The number of hydrogen-bond donors (Lipinski definition) is 0. The van der Waals surface area contributed by atoms with Gasteiger partial charge in [-0.3, -0.25) is 4.79 Å². The van der Waals surface area contributed by atoms with Crippen molar-refractivity contribution in [2.75, 3.05) is 0 Å². The van der Waals surface area contributed by atoms with Gasteiger partial charge in [0, 0.05) is 25.0 Å². The third-order valence-corrected chi connectivity index (χ3v) is 3.27. The Labute approximate surface area is 104 Å². The van der Waals surface area contributed by atoms with Crippen LogP contribution in [0.15, 0.2) is 10.7 Å². The molecule has 1 atom stereocenters. The normalized spacial score (nSPS) is 20.9. The van der Waals surface area contributed by atoms with Gasteiger partial charge in [-0.25, -0.2) is 9.97 Å². The molecule has 0 radical (unpaired) electrons. The van der Waals surface area contributed by atoms with Crippen LogP contribution in [0.1, 0.15) is 36.7 Å². The fourth-order valence-corrected chi connectivity index (χ4v) is 2.37. The first kappa shape index (κ1) is 12.5. The summed E-state index contributed by atoms with van der Waals surface area (Å²) in [7, 11) is 0. The highest BCUT2D eigenvalue weighted by Gasteiger charge is 2.36. The van der Waals surface area contributed by atoms with Gasteiger partial charge in [-0.2, -0.15) is 13.2 Å². The van der Waals surface area contributed by atoms with E-state index in [4.69, 9.17) is 0 Å². The molecule has 0 N–H and O–H groups in total. The topological polar surface area (TPSA) is 42.9 Å². The highest BCUT2D eigenvalue weighted by molar-refractivity contribution is 9.10. The second-order valence-corrected chi connectivity index (χ2v) is 4.76. The molecule has 17 heavy (non-hydrogen) atoms. The minimum atomic E-state index is -4.56. The van der Waals surface area contributed by atoms with Crippen LogP contribution in [-0.4, -0.2) is 15.8 Å². The van der Waals surface area contributed by atoms with Crippen molar-refractivity contribution in [2.24, 2.45) is 0 Å². The Hall–Kier alpha value is -0.980. The van der Waals surface area contributed by atoms with Crippen molar-refractivity contribution in [3.63, 3.8) is 0 Å². The van der Waals surface area contributed by atoms with E-state index in [9.17, 15) is 18.0 Å². The molecule has 2 rings (SSSR count). The average Bonchev–Trinajstić information content (AvgIpc) is 2.63. The number of hydrogen-bond acceptors (Lipinski definition) is 3. The van der Waals surface area contributed by atoms with Gasteiger partial charge in [-0.05, 0) is 22.4 Å². The van der Waals surface area contributed by atoms with Gasteiger partial charge in [0.05, 0.1) is 10.2 Å². The van der Waals surface area contributed by atoms with Gasteiger partial charge in [0.15, 0.2) is 0 Å². The molecule has 1 aromatic heterocycles. The molecule has 0 aliphatic heterocycles. The maximum atomic E-state index is 12.5. The zero-order valence-corrected chi connectivity index (χ0v) is 10.2. The van der Waals surface area contributed by atoms with E-state index < -0.39 is 12.0 Å². The number of rotatable bonds is 1. The molecule has 7 heteroatoms. The Morgan fingerprint density at radius 1 is 1.41 bits per heavy atom. The molecule has 0 spiro atoms. The predicted molar refractivity (Wildman–Crippen MR) is 56.3 cm³/mol. The molecule has 0 unspecified atom stereocenters. The van der Waals surface area contributed by atoms with Crippen LogP contribution in [0, 0.1) is 0 Å². The van der Waals surface area contributed by atoms with E-state index in [2.05, 4.69) is 25.9 Å². The lowest BCUT2D eigenvalue weighted by molar-refractivity contribution is -0.145. The van der Waals surface area contributed by atoms with Gasteiger partial charge >= 0.3 is 6.18 Å². The largest absolute Gasteiger partial charge is 0.451 e. The molecule has 3 nitrogen and oxygen atoms in total. The molecule has 1 aromatic rings. The van der Waals surface area contributed by atoms with Crippen LogP contribution in [-0.2, 0) is 11.0 Å². The van der Waals surface area contributed by atoms with E-state index in [1.165, 1.54) is 0 Å². The molecule has 92 valence electrons. The van der Waals surface area contributed by atoms with Crippen molar-refractivity contribution in [1.82, 2.24) is 9.97 Å². The highest BCUT2D eigenvalue weighted by Crippen LogP contribution is 2.36. The fourth-order valence-electron chi connectivity index (χ4n) is 1.85. The van der Waals surface area contributed by atoms with E-state index in [1.807, 2.05) is 0 Å². The van der Waals surface area contributed by atoms with Crippen molar-refractivity contribution in [3.8, 4) is 0 Å². The van der Waals surface area contributed by atoms with Gasteiger partial charge in [-0.15, -0.1) is 0 Å². The summed E-state index contributed by atoms with van der Waals surface area (Å²) in [5.41, 5.74) is 0.276. The van der Waals surface area contributed by atoms with Crippen molar-refractivity contribution in [3.05, 3.63) is 22.2 Å². The average molecular weight is 309 g/mol. The zero-order chi connectivity index (χ0) is 12.6. The third kappa shape index (κ3) is 2.65. The first-order chi connectivity index (χ1) is 7.88. The molecule has 0 amide bonds. The monoisotopic (exact) mass is 308 g/mol. The summed E-state index contributed by atoms with van der Waals surface area (Å²) in [5.74, 6) is -1.33. The summed E-state index contributed by atoms with van der Waals surface area (Å²) in [4.78, 5) is 17.9. The number of alkyl halides is 3. The number of halogens is 4. The quantitative estimate of drug-likeness (QED) is 0.800. The standard InChI is InChI=1S/C10H8BrF3N2O/c11-7-4-15-9(10(12,13)14)16-8(7)5-1-2-6(17)3-5/h4-5H,1-3H2/t5-/m1/s1. The second kappa shape index (κ2) is 4.36. The van der Waals surface area contributed by atoms with E-state index in [0.717, 1.165) is 6.20 Å². The Bertz CT molecular complexity index is 461. The predicted octanol–water partition coefficient (Wildman–Crippen LogP) is 3.09. The highest BCUT2D eigenvalue weighted by atomic mass is 79.9. The molecule has 1 fully saturated rings. The number of nitrogens with zero attached hydrogens (tertiary/aromatic N) is 2. The number of aromatic nitrogens is 2. The summed E-state index contributed by atoms with van der Waals surface area (Å²) in [6, 6.07) is 0. The Morgan fingerprint density at radius 2 is 2.12 bits per heavy atom. The lowest BCUT2D eigenvalue weighted by atomic mass is 10.0. The Morgan fingerprint density at radius 3 is 2.65 bits per heavy atom. The van der Waals surface area contributed by atoms with E-state index >= 15 is 0 Å². The third-order valence-electron chi connectivity index (χ3n) is 2.66. The number of Topliss-reactive ketones (excluding diaryl/α,β-unsaturated/α-hetero) is 1. The van der Waals surface area contributed by atoms with Gasteiger partial charge in [0.25, 0.3) is 0 Å². The first-order valence-electron chi connectivity index (χ1n) is 4.99. The summed E-state index contributed by atoms with van der Waals surface area (Å²) in [6.07, 6.45) is -2.26. The van der Waals surface area contributed by atoms with Crippen LogP contribution in [0.25, 0.3) is 0 Å². The van der Waals surface area contributed by atoms with Crippen LogP contribution in [0.2, 0.25) is 0 Å². The molecule has 0 aromatic carbocycles. The minimum absolute atomic E-state index is 0.0640. The summed E-state index contributed by atoms with van der Waals surface area (Å²) < 4.78 is 37.8. The Balaban J connectivity index is 2.36. The van der Waals surface area contributed by atoms with Crippen LogP contribution in [0.3, 0.4) is 0 Å². The molecule has 0 bridgehead atoms. The van der Waals surface area contributed by atoms with Crippen molar-refractivity contribution >= 4 is 21.7 Å². The smallest absolute Gasteiger partial charge is 0.300 e. The summed E-state index contributed by atoms with van der Waals surface area (Å²) in [5, 5.41) is 0. The number of ketones is 1. The van der Waals surface area contributed by atoms with E-state index in [-0.39, 0.29) is 23.8 Å². The van der Waals surface area contributed by atoms with Crippen LogP contribution in [0.5, 0.6) is 0 Å². The fraction of sp³-hybridized carbons (Fsp3) is 0.500. The van der Waals surface area contributed by atoms with E-state index in [1.54, 1.807) is 0 Å². The summed E-state index contributed by atoms with van der Waals surface area (Å²) in [6.45, 7) is 0. The maximum Gasteiger partial charge on any atom is 0.451 e. The molecular weight excluding hydrogens is 301 g/mol. The Kier molecular flexibility index (Phi) is 3.20. The van der Waals surface area contributed by atoms with Crippen molar-refractivity contribution < 1.29 is 18.0 Å². The maximum absolute atomic E-state index is 12.5. The van der Waals surface area contributed by atoms with E-state index in [0.29, 0.717) is 17.3 Å². The van der Waals surface area contributed by atoms with Gasteiger partial charge in [0.2, 0.25) is 5.82 Å². The van der Waals surface area contributed by atoms with Gasteiger partial charge in [-0.1, -0.05) is 0 Å². The molecule has 1 heterocycles. The van der Waals surface area contributed by atoms with Gasteiger partial charge in [0.1, 0.15) is 5.78 Å².